The highest BCUT2D eigenvalue weighted by atomic mass is 16.5. The van der Waals surface area contributed by atoms with E-state index in [0.29, 0.717) is 25.6 Å². The van der Waals surface area contributed by atoms with Crippen LogP contribution in [-0.4, -0.2) is 56.2 Å². The Balaban J connectivity index is 1.45. The number of hydrogen-bond acceptors (Lipinski definition) is 5. The van der Waals surface area contributed by atoms with Gasteiger partial charge >= 0.3 is 0 Å². The van der Waals surface area contributed by atoms with Crippen molar-refractivity contribution < 1.29 is 14.6 Å². The predicted octanol–water partition coefficient (Wildman–Crippen LogP) is 2.93. The van der Waals surface area contributed by atoms with E-state index in [9.17, 15) is 5.11 Å². The van der Waals surface area contributed by atoms with Gasteiger partial charge in [-0.05, 0) is 61.3 Å². The van der Waals surface area contributed by atoms with Crippen molar-refractivity contribution in [2.75, 3.05) is 32.8 Å². The van der Waals surface area contributed by atoms with Crippen LogP contribution in [0.15, 0.2) is 24.3 Å². The standard InChI is InChI=1S/C23H38N2O3/c1-4-24-13-19(26)14-25-22-6-5-11-27-23(22)15-28-20-9-7-18(8-10-20)17(3)21-12-16(21)2/h7-10,16-17,19,21-26H,4-6,11-15H2,1-3H3. The lowest BCUT2D eigenvalue weighted by Crippen LogP contribution is -2.50. The molecule has 1 aromatic carbocycles. The second-order valence-electron chi connectivity index (χ2n) is 8.57. The zero-order valence-electron chi connectivity index (χ0n) is 17.7. The van der Waals surface area contributed by atoms with Crippen LogP contribution in [0.2, 0.25) is 0 Å². The molecule has 0 radical (unpaired) electrons. The summed E-state index contributed by atoms with van der Waals surface area (Å²) in [6.45, 7) is 10.1. The van der Waals surface area contributed by atoms with Crippen LogP contribution in [0.1, 0.15) is 51.5 Å². The summed E-state index contributed by atoms with van der Waals surface area (Å²) in [5, 5.41) is 16.7. The first kappa shape index (κ1) is 21.6. The van der Waals surface area contributed by atoms with E-state index in [1.54, 1.807) is 0 Å². The topological polar surface area (TPSA) is 62.8 Å². The van der Waals surface area contributed by atoms with Gasteiger partial charge in [0.2, 0.25) is 0 Å². The molecule has 1 aliphatic carbocycles. The third-order valence-electron chi connectivity index (χ3n) is 6.32. The molecule has 1 aliphatic heterocycles. The lowest BCUT2D eigenvalue weighted by Gasteiger charge is -2.33. The lowest BCUT2D eigenvalue weighted by molar-refractivity contribution is -0.0354. The molecule has 0 aromatic heterocycles. The maximum absolute atomic E-state index is 10.0. The minimum atomic E-state index is -0.382. The van der Waals surface area contributed by atoms with Gasteiger partial charge in [-0.2, -0.15) is 0 Å². The first-order valence-corrected chi connectivity index (χ1v) is 11.0. The minimum Gasteiger partial charge on any atom is -0.491 e. The molecule has 0 bridgehead atoms. The van der Waals surface area contributed by atoms with Gasteiger partial charge in [-0.3, -0.25) is 0 Å². The van der Waals surface area contributed by atoms with E-state index in [1.165, 1.54) is 12.0 Å². The van der Waals surface area contributed by atoms with Crippen molar-refractivity contribution >= 4 is 0 Å². The monoisotopic (exact) mass is 390 g/mol. The van der Waals surface area contributed by atoms with Crippen molar-refractivity contribution in [3.63, 3.8) is 0 Å². The largest absolute Gasteiger partial charge is 0.491 e. The number of rotatable bonds is 11. The van der Waals surface area contributed by atoms with E-state index in [0.717, 1.165) is 43.6 Å². The summed E-state index contributed by atoms with van der Waals surface area (Å²) >= 11 is 0. The molecule has 5 heteroatoms. The van der Waals surface area contributed by atoms with Gasteiger partial charge in [0.25, 0.3) is 0 Å². The van der Waals surface area contributed by atoms with Gasteiger partial charge in [-0.1, -0.05) is 32.9 Å². The van der Waals surface area contributed by atoms with Crippen molar-refractivity contribution in [3.05, 3.63) is 29.8 Å². The molecule has 0 spiro atoms. The molecular weight excluding hydrogens is 352 g/mol. The molecule has 1 saturated heterocycles. The fraction of sp³-hybridized carbons (Fsp3) is 0.739. The molecule has 158 valence electrons. The van der Waals surface area contributed by atoms with Crippen molar-refractivity contribution in [2.45, 2.75) is 64.2 Å². The zero-order chi connectivity index (χ0) is 19.9. The fourth-order valence-corrected chi connectivity index (χ4v) is 4.25. The minimum absolute atomic E-state index is 0.0194. The molecule has 2 fully saturated rings. The van der Waals surface area contributed by atoms with Crippen LogP contribution in [0, 0.1) is 11.8 Å². The molecule has 5 nitrogen and oxygen atoms in total. The molecule has 1 heterocycles. The maximum Gasteiger partial charge on any atom is 0.119 e. The Bertz CT molecular complexity index is 580. The van der Waals surface area contributed by atoms with E-state index < -0.39 is 0 Å². The summed E-state index contributed by atoms with van der Waals surface area (Å²) < 4.78 is 12.0. The van der Waals surface area contributed by atoms with Crippen LogP contribution >= 0.6 is 0 Å². The highest BCUT2D eigenvalue weighted by molar-refractivity contribution is 5.30. The number of ether oxygens (including phenoxy) is 2. The number of hydrogen-bond donors (Lipinski definition) is 3. The number of benzene rings is 1. The van der Waals surface area contributed by atoms with Gasteiger partial charge in [-0.25, -0.2) is 0 Å². The molecule has 1 saturated carbocycles. The van der Waals surface area contributed by atoms with Crippen LogP contribution in [0.4, 0.5) is 0 Å². The Morgan fingerprint density at radius 3 is 2.68 bits per heavy atom. The van der Waals surface area contributed by atoms with E-state index in [-0.39, 0.29) is 18.2 Å². The van der Waals surface area contributed by atoms with Crippen molar-refractivity contribution in [2.24, 2.45) is 11.8 Å². The maximum atomic E-state index is 10.0. The number of likely N-dealkylation sites (N-methyl/N-ethyl adjacent to an activating group) is 1. The second-order valence-corrected chi connectivity index (χ2v) is 8.57. The molecule has 28 heavy (non-hydrogen) atoms. The number of nitrogens with one attached hydrogen (secondary N) is 2. The van der Waals surface area contributed by atoms with Crippen molar-refractivity contribution in [3.8, 4) is 5.75 Å². The average molecular weight is 391 g/mol. The summed E-state index contributed by atoms with van der Waals surface area (Å²) in [7, 11) is 0. The van der Waals surface area contributed by atoms with Crippen molar-refractivity contribution in [1.82, 2.24) is 10.6 Å². The summed E-state index contributed by atoms with van der Waals surface area (Å²) in [5.74, 6) is 3.25. The van der Waals surface area contributed by atoms with E-state index in [2.05, 4.69) is 48.7 Å². The van der Waals surface area contributed by atoms with Gasteiger partial charge in [0, 0.05) is 25.7 Å². The molecule has 2 aliphatic rings. The van der Waals surface area contributed by atoms with Gasteiger partial charge in [0.1, 0.15) is 18.5 Å². The highest BCUT2D eigenvalue weighted by Gasteiger charge is 2.37. The summed E-state index contributed by atoms with van der Waals surface area (Å²) in [4.78, 5) is 0. The number of aliphatic hydroxyl groups excluding tert-OH is 1. The normalized spacial score (nSPS) is 29.3. The van der Waals surface area contributed by atoms with Crippen LogP contribution in [0.25, 0.3) is 0 Å². The zero-order valence-corrected chi connectivity index (χ0v) is 17.7. The van der Waals surface area contributed by atoms with Crippen LogP contribution in [0.5, 0.6) is 5.75 Å². The first-order chi connectivity index (χ1) is 13.6. The Hall–Kier alpha value is -1.14. The third kappa shape index (κ3) is 6.18. The van der Waals surface area contributed by atoms with Gasteiger partial charge in [-0.15, -0.1) is 0 Å². The molecular formula is C23H38N2O3. The first-order valence-electron chi connectivity index (χ1n) is 11.0. The predicted molar refractivity (Wildman–Crippen MR) is 113 cm³/mol. The molecule has 1 aromatic rings. The van der Waals surface area contributed by atoms with E-state index >= 15 is 0 Å². The smallest absolute Gasteiger partial charge is 0.119 e. The molecule has 3 N–H and O–H groups in total. The SMILES string of the molecule is CCNCC(O)CNC1CCCOC1COc1ccc(C(C)C2CC2C)cc1. The van der Waals surface area contributed by atoms with Crippen LogP contribution < -0.4 is 15.4 Å². The Labute approximate surface area is 170 Å². The van der Waals surface area contributed by atoms with E-state index in [4.69, 9.17) is 9.47 Å². The second kappa shape index (κ2) is 10.6. The Kier molecular flexibility index (Phi) is 8.15. The third-order valence-corrected chi connectivity index (χ3v) is 6.32. The average Bonchev–Trinajstić information content (AvgIpc) is 3.46. The summed E-state index contributed by atoms with van der Waals surface area (Å²) in [6.07, 6.45) is 3.09. The molecule has 6 unspecified atom stereocenters. The van der Waals surface area contributed by atoms with Gasteiger partial charge < -0.3 is 25.2 Å². The lowest BCUT2D eigenvalue weighted by atomic mass is 9.95. The Morgan fingerprint density at radius 1 is 1.25 bits per heavy atom. The molecule has 6 atom stereocenters. The van der Waals surface area contributed by atoms with Gasteiger partial charge in [0.15, 0.2) is 0 Å². The molecule has 3 rings (SSSR count). The summed E-state index contributed by atoms with van der Waals surface area (Å²) in [6, 6.07) is 8.81. The van der Waals surface area contributed by atoms with E-state index in [1.807, 2.05) is 6.92 Å². The van der Waals surface area contributed by atoms with Crippen LogP contribution in [-0.2, 0) is 4.74 Å². The highest BCUT2D eigenvalue weighted by Crippen LogP contribution is 2.48. The quantitative estimate of drug-likeness (QED) is 0.542. The molecule has 0 amide bonds. The van der Waals surface area contributed by atoms with Gasteiger partial charge in [0.05, 0.1) is 6.10 Å². The number of aliphatic hydroxyl groups is 1. The Morgan fingerprint density at radius 2 is 2.00 bits per heavy atom. The summed E-state index contributed by atoms with van der Waals surface area (Å²) in [5.41, 5.74) is 1.41. The van der Waals surface area contributed by atoms with Crippen LogP contribution in [0.3, 0.4) is 0 Å². The fourth-order valence-electron chi connectivity index (χ4n) is 4.25. The van der Waals surface area contributed by atoms with Crippen molar-refractivity contribution in [1.29, 1.82) is 0 Å².